The standard InChI is InChI=1S/C20H27FN4O.HI/c1-25(2)19(16-5-4-6-17(21)13-16)14-24-20(22)23-12-11-15-7-9-18(26-3)10-8-15;/h4-10,13,19H,11-12,14H2,1-3H3,(H3,22,23,24);1H. The summed E-state index contributed by atoms with van der Waals surface area (Å²) in [7, 11) is 5.54. The van der Waals surface area contributed by atoms with Crippen molar-refractivity contribution < 1.29 is 9.13 Å². The van der Waals surface area contributed by atoms with Crippen molar-refractivity contribution in [3.8, 4) is 5.75 Å². The summed E-state index contributed by atoms with van der Waals surface area (Å²) in [6.45, 7) is 1.14. The van der Waals surface area contributed by atoms with Gasteiger partial charge in [0.2, 0.25) is 0 Å². The van der Waals surface area contributed by atoms with E-state index in [0.717, 1.165) is 17.7 Å². The average molecular weight is 486 g/mol. The molecule has 0 bridgehead atoms. The summed E-state index contributed by atoms with van der Waals surface area (Å²) >= 11 is 0. The van der Waals surface area contributed by atoms with Gasteiger partial charge in [0.1, 0.15) is 11.6 Å². The van der Waals surface area contributed by atoms with E-state index in [1.165, 1.54) is 17.7 Å². The van der Waals surface area contributed by atoms with Gasteiger partial charge in [-0.3, -0.25) is 4.99 Å². The number of halogens is 2. The van der Waals surface area contributed by atoms with Gasteiger partial charge in [-0.15, -0.1) is 24.0 Å². The van der Waals surface area contributed by atoms with E-state index in [-0.39, 0.29) is 35.8 Å². The summed E-state index contributed by atoms with van der Waals surface area (Å²) in [5.41, 5.74) is 8.04. The summed E-state index contributed by atoms with van der Waals surface area (Å²) < 4.78 is 18.6. The van der Waals surface area contributed by atoms with Crippen LogP contribution in [0.4, 0.5) is 4.39 Å². The molecule has 3 N–H and O–H groups in total. The first-order valence-corrected chi connectivity index (χ1v) is 8.58. The summed E-state index contributed by atoms with van der Waals surface area (Å²) in [5, 5.41) is 3.12. The fourth-order valence-electron chi connectivity index (χ4n) is 2.65. The fraction of sp³-hybridized carbons (Fsp3) is 0.350. The predicted octanol–water partition coefficient (Wildman–Crippen LogP) is 3.20. The summed E-state index contributed by atoms with van der Waals surface area (Å²) in [5.74, 6) is 0.987. The van der Waals surface area contributed by atoms with Gasteiger partial charge in [0.05, 0.1) is 19.7 Å². The highest BCUT2D eigenvalue weighted by Crippen LogP contribution is 2.19. The van der Waals surface area contributed by atoms with Gasteiger partial charge >= 0.3 is 0 Å². The largest absolute Gasteiger partial charge is 0.497 e. The number of nitrogens with two attached hydrogens (primary N) is 1. The van der Waals surface area contributed by atoms with E-state index in [2.05, 4.69) is 10.3 Å². The van der Waals surface area contributed by atoms with Crippen molar-refractivity contribution in [2.45, 2.75) is 12.5 Å². The lowest BCUT2D eigenvalue weighted by atomic mass is 10.1. The fourth-order valence-corrected chi connectivity index (χ4v) is 2.65. The summed E-state index contributed by atoms with van der Waals surface area (Å²) in [4.78, 5) is 6.41. The van der Waals surface area contributed by atoms with Gasteiger partial charge in [0.25, 0.3) is 0 Å². The third kappa shape index (κ3) is 7.72. The number of likely N-dealkylation sites (N-methyl/N-ethyl adjacent to an activating group) is 1. The van der Waals surface area contributed by atoms with E-state index in [0.29, 0.717) is 19.0 Å². The van der Waals surface area contributed by atoms with Crippen LogP contribution >= 0.6 is 24.0 Å². The van der Waals surface area contributed by atoms with Crippen molar-refractivity contribution in [2.75, 3.05) is 34.3 Å². The lowest BCUT2D eigenvalue weighted by molar-refractivity contribution is 0.305. The van der Waals surface area contributed by atoms with Crippen LogP contribution in [0.1, 0.15) is 17.2 Å². The molecular weight excluding hydrogens is 458 g/mol. The highest BCUT2D eigenvalue weighted by atomic mass is 127. The molecule has 0 aliphatic carbocycles. The van der Waals surface area contributed by atoms with Gasteiger partial charge in [0, 0.05) is 6.54 Å². The first-order valence-electron chi connectivity index (χ1n) is 8.58. The first-order chi connectivity index (χ1) is 12.5. The molecule has 148 valence electrons. The Morgan fingerprint density at radius 2 is 1.93 bits per heavy atom. The van der Waals surface area contributed by atoms with Crippen LogP contribution in [-0.4, -0.2) is 45.2 Å². The molecule has 0 spiro atoms. The van der Waals surface area contributed by atoms with Crippen LogP contribution in [0.15, 0.2) is 53.5 Å². The molecule has 2 aromatic carbocycles. The molecule has 0 saturated carbocycles. The molecule has 0 radical (unpaired) electrons. The topological polar surface area (TPSA) is 62.9 Å². The molecule has 2 rings (SSSR count). The van der Waals surface area contributed by atoms with Gasteiger partial charge in [0.15, 0.2) is 5.96 Å². The number of nitrogens with zero attached hydrogens (tertiary/aromatic N) is 2. The quantitative estimate of drug-likeness (QED) is 0.342. The highest BCUT2D eigenvalue weighted by Gasteiger charge is 2.14. The van der Waals surface area contributed by atoms with E-state index in [4.69, 9.17) is 10.5 Å². The Morgan fingerprint density at radius 3 is 2.52 bits per heavy atom. The normalized spacial score (nSPS) is 12.4. The minimum absolute atomic E-state index is 0. The number of hydrogen-bond donors (Lipinski definition) is 2. The van der Waals surface area contributed by atoms with Crippen LogP contribution < -0.4 is 15.8 Å². The van der Waals surface area contributed by atoms with Crippen molar-refractivity contribution in [1.82, 2.24) is 10.2 Å². The maximum Gasteiger partial charge on any atom is 0.188 e. The Labute approximate surface area is 177 Å². The lowest BCUT2D eigenvalue weighted by Gasteiger charge is -2.23. The van der Waals surface area contributed by atoms with Crippen LogP contribution in [-0.2, 0) is 6.42 Å². The summed E-state index contributed by atoms with van der Waals surface area (Å²) in [6, 6.07) is 14.5. The zero-order chi connectivity index (χ0) is 18.9. The van der Waals surface area contributed by atoms with Crippen molar-refractivity contribution in [2.24, 2.45) is 10.7 Å². The Morgan fingerprint density at radius 1 is 1.22 bits per heavy atom. The molecule has 27 heavy (non-hydrogen) atoms. The van der Waals surface area contributed by atoms with Gasteiger partial charge < -0.3 is 20.7 Å². The number of hydrogen-bond acceptors (Lipinski definition) is 3. The van der Waals surface area contributed by atoms with E-state index in [1.807, 2.05) is 49.3 Å². The number of aliphatic imine (C=N–C) groups is 1. The summed E-state index contributed by atoms with van der Waals surface area (Å²) in [6.07, 6.45) is 0.835. The molecule has 1 unspecified atom stereocenters. The second-order valence-electron chi connectivity index (χ2n) is 6.29. The van der Waals surface area contributed by atoms with Gasteiger partial charge in [-0.2, -0.15) is 0 Å². The molecule has 0 fully saturated rings. The molecule has 0 aromatic heterocycles. The van der Waals surface area contributed by atoms with Crippen LogP contribution in [0.3, 0.4) is 0 Å². The number of rotatable bonds is 8. The molecule has 0 heterocycles. The molecule has 0 saturated heterocycles. The SMILES string of the molecule is COc1ccc(CCNC(N)=NCC(c2cccc(F)c2)N(C)C)cc1.I. The first kappa shape index (κ1) is 23.2. The molecule has 0 amide bonds. The average Bonchev–Trinajstić information content (AvgIpc) is 2.62. The van der Waals surface area contributed by atoms with Gasteiger partial charge in [-0.1, -0.05) is 24.3 Å². The molecule has 1 atom stereocenters. The Hall–Kier alpha value is -1.87. The number of guanidine groups is 1. The van der Waals surface area contributed by atoms with E-state index >= 15 is 0 Å². The molecular formula is C20H28FIN4O. The Balaban J connectivity index is 0.00000364. The minimum Gasteiger partial charge on any atom is -0.497 e. The smallest absolute Gasteiger partial charge is 0.188 e. The third-order valence-corrected chi connectivity index (χ3v) is 4.17. The van der Waals surface area contributed by atoms with Crippen LogP contribution in [0.25, 0.3) is 0 Å². The zero-order valence-electron chi connectivity index (χ0n) is 16.0. The van der Waals surface area contributed by atoms with Crippen molar-refractivity contribution in [3.63, 3.8) is 0 Å². The Kier molecular flexibility index (Phi) is 10.1. The number of nitrogens with one attached hydrogen (secondary N) is 1. The number of methoxy groups -OCH3 is 1. The third-order valence-electron chi connectivity index (χ3n) is 4.17. The maximum atomic E-state index is 13.5. The second kappa shape index (κ2) is 11.8. The molecule has 0 aliphatic rings. The van der Waals surface area contributed by atoms with Crippen LogP contribution in [0.2, 0.25) is 0 Å². The van der Waals surface area contributed by atoms with Crippen molar-refractivity contribution >= 4 is 29.9 Å². The van der Waals surface area contributed by atoms with E-state index in [9.17, 15) is 4.39 Å². The number of ether oxygens (including phenoxy) is 1. The molecule has 7 heteroatoms. The van der Waals surface area contributed by atoms with Crippen LogP contribution in [0, 0.1) is 5.82 Å². The van der Waals surface area contributed by atoms with Crippen molar-refractivity contribution in [3.05, 3.63) is 65.5 Å². The zero-order valence-corrected chi connectivity index (χ0v) is 18.3. The molecule has 5 nitrogen and oxygen atoms in total. The lowest BCUT2D eigenvalue weighted by Crippen LogP contribution is -2.34. The Bertz CT molecular complexity index is 722. The molecule has 2 aromatic rings. The minimum atomic E-state index is -0.246. The van der Waals surface area contributed by atoms with Gasteiger partial charge in [-0.05, 0) is 55.9 Å². The predicted molar refractivity (Wildman–Crippen MR) is 119 cm³/mol. The monoisotopic (exact) mass is 486 g/mol. The van der Waals surface area contributed by atoms with Gasteiger partial charge in [-0.25, -0.2) is 4.39 Å². The molecule has 0 aliphatic heterocycles. The van der Waals surface area contributed by atoms with E-state index < -0.39 is 0 Å². The highest BCUT2D eigenvalue weighted by molar-refractivity contribution is 14.0. The maximum absolute atomic E-state index is 13.5. The van der Waals surface area contributed by atoms with E-state index in [1.54, 1.807) is 13.2 Å². The van der Waals surface area contributed by atoms with Crippen molar-refractivity contribution in [1.29, 1.82) is 0 Å². The second-order valence-corrected chi connectivity index (χ2v) is 6.29. The number of benzene rings is 2. The van der Waals surface area contributed by atoms with Crippen LogP contribution in [0.5, 0.6) is 5.75 Å².